The van der Waals surface area contributed by atoms with Crippen LogP contribution in [0.15, 0.2) is 24.3 Å². The minimum Gasteiger partial charge on any atom is -0.310 e. The SMILES string of the molecule is CCNC(CCN1CC(C)CC(C)C1)c1ccc(F)cc1. The standard InChI is InChI=1S/C18H29FN2/c1-4-20-18(16-5-7-17(19)8-6-16)9-10-21-12-14(2)11-15(3)13-21/h5-8,14-15,18,20H,4,9-13H2,1-3H3. The third-order valence-corrected chi connectivity index (χ3v) is 4.40. The van der Waals surface area contributed by atoms with Crippen molar-refractivity contribution < 1.29 is 4.39 Å². The first-order chi connectivity index (χ1) is 10.1. The van der Waals surface area contributed by atoms with Gasteiger partial charge in [0.15, 0.2) is 0 Å². The largest absolute Gasteiger partial charge is 0.310 e. The van der Waals surface area contributed by atoms with Gasteiger partial charge in [-0.25, -0.2) is 4.39 Å². The third-order valence-electron chi connectivity index (χ3n) is 4.40. The van der Waals surface area contributed by atoms with E-state index >= 15 is 0 Å². The van der Waals surface area contributed by atoms with Gasteiger partial charge >= 0.3 is 0 Å². The van der Waals surface area contributed by atoms with Crippen LogP contribution in [-0.2, 0) is 0 Å². The minimum absolute atomic E-state index is 0.160. The zero-order valence-corrected chi connectivity index (χ0v) is 13.6. The summed E-state index contributed by atoms with van der Waals surface area (Å²) in [5.74, 6) is 1.45. The van der Waals surface area contributed by atoms with Crippen LogP contribution >= 0.6 is 0 Å². The van der Waals surface area contributed by atoms with E-state index in [9.17, 15) is 4.39 Å². The number of nitrogens with zero attached hydrogens (tertiary/aromatic N) is 1. The smallest absolute Gasteiger partial charge is 0.123 e. The summed E-state index contributed by atoms with van der Waals surface area (Å²) in [6.07, 6.45) is 2.43. The molecule has 1 aliphatic heterocycles. The molecule has 0 aliphatic carbocycles. The molecule has 0 saturated carbocycles. The molecule has 3 heteroatoms. The Morgan fingerprint density at radius 3 is 2.38 bits per heavy atom. The van der Waals surface area contributed by atoms with Gasteiger partial charge in [-0.15, -0.1) is 0 Å². The summed E-state index contributed by atoms with van der Waals surface area (Å²) in [6, 6.07) is 7.26. The summed E-state index contributed by atoms with van der Waals surface area (Å²) in [5, 5.41) is 3.53. The maximum absolute atomic E-state index is 13.1. The molecule has 1 N–H and O–H groups in total. The molecule has 0 aromatic heterocycles. The van der Waals surface area contributed by atoms with Gasteiger partial charge in [0.1, 0.15) is 5.82 Å². The van der Waals surface area contributed by atoms with E-state index in [1.165, 1.54) is 25.1 Å². The van der Waals surface area contributed by atoms with Crippen LogP contribution in [0.1, 0.15) is 45.2 Å². The maximum atomic E-state index is 13.1. The quantitative estimate of drug-likeness (QED) is 0.857. The van der Waals surface area contributed by atoms with Crippen LogP contribution in [0.4, 0.5) is 4.39 Å². The van der Waals surface area contributed by atoms with Crippen molar-refractivity contribution in [2.75, 3.05) is 26.2 Å². The number of hydrogen-bond donors (Lipinski definition) is 1. The number of nitrogens with one attached hydrogen (secondary N) is 1. The van der Waals surface area contributed by atoms with Crippen molar-refractivity contribution in [2.24, 2.45) is 11.8 Å². The van der Waals surface area contributed by atoms with Crippen LogP contribution < -0.4 is 5.32 Å². The molecule has 2 nitrogen and oxygen atoms in total. The molecule has 21 heavy (non-hydrogen) atoms. The second kappa shape index (κ2) is 7.90. The Hall–Kier alpha value is -0.930. The van der Waals surface area contributed by atoms with Gasteiger partial charge in [0.05, 0.1) is 0 Å². The molecule has 1 fully saturated rings. The highest BCUT2D eigenvalue weighted by Crippen LogP contribution is 2.23. The van der Waals surface area contributed by atoms with Crippen molar-refractivity contribution in [3.8, 4) is 0 Å². The monoisotopic (exact) mass is 292 g/mol. The van der Waals surface area contributed by atoms with E-state index in [1.807, 2.05) is 12.1 Å². The summed E-state index contributed by atoms with van der Waals surface area (Å²) in [5.41, 5.74) is 1.19. The van der Waals surface area contributed by atoms with E-state index in [0.717, 1.165) is 31.3 Å². The third kappa shape index (κ3) is 5.08. The van der Waals surface area contributed by atoms with Gasteiger partial charge in [0, 0.05) is 19.1 Å². The van der Waals surface area contributed by atoms with E-state index in [4.69, 9.17) is 0 Å². The highest BCUT2D eigenvalue weighted by Gasteiger charge is 2.22. The van der Waals surface area contributed by atoms with E-state index in [2.05, 4.69) is 31.0 Å². The van der Waals surface area contributed by atoms with E-state index < -0.39 is 0 Å². The minimum atomic E-state index is -0.160. The van der Waals surface area contributed by atoms with Gasteiger partial charge in [0.2, 0.25) is 0 Å². The Morgan fingerprint density at radius 2 is 1.81 bits per heavy atom. The van der Waals surface area contributed by atoms with Gasteiger partial charge in [-0.05, 0) is 55.5 Å². The van der Waals surface area contributed by atoms with Gasteiger partial charge in [0.25, 0.3) is 0 Å². The summed E-state index contributed by atoms with van der Waals surface area (Å²) in [7, 11) is 0. The molecule has 3 unspecified atom stereocenters. The number of rotatable bonds is 6. The normalized spacial score (nSPS) is 25.0. The average molecular weight is 292 g/mol. The number of benzene rings is 1. The van der Waals surface area contributed by atoms with Crippen LogP contribution in [0.5, 0.6) is 0 Å². The first-order valence-electron chi connectivity index (χ1n) is 8.29. The first kappa shape index (κ1) is 16.4. The zero-order valence-electron chi connectivity index (χ0n) is 13.6. The van der Waals surface area contributed by atoms with Gasteiger partial charge in [-0.1, -0.05) is 32.9 Å². The molecule has 3 atom stereocenters. The Bertz CT molecular complexity index is 408. The topological polar surface area (TPSA) is 15.3 Å². The van der Waals surface area contributed by atoms with Gasteiger partial charge in [-0.3, -0.25) is 0 Å². The fourth-order valence-corrected chi connectivity index (χ4v) is 3.61. The second-order valence-electron chi connectivity index (χ2n) is 6.66. The van der Waals surface area contributed by atoms with Crippen LogP contribution in [0.3, 0.4) is 0 Å². The van der Waals surface area contributed by atoms with Gasteiger partial charge in [-0.2, -0.15) is 0 Å². The van der Waals surface area contributed by atoms with Crippen molar-refractivity contribution in [1.29, 1.82) is 0 Å². The summed E-state index contributed by atoms with van der Waals surface area (Å²) >= 11 is 0. The lowest BCUT2D eigenvalue weighted by atomic mass is 9.91. The molecule has 1 heterocycles. The molecule has 0 spiro atoms. The van der Waals surface area contributed by atoms with Crippen molar-refractivity contribution >= 4 is 0 Å². The first-order valence-corrected chi connectivity index (χ1v) is 8.29. The lowest BCUT2D eigenvalue weighted by Crippen LogP contribution is -2.40. The number of hydrogen-bond acceptors (Lipinski definition) is 2. The van der Waals surface area contributed by atoms with E-state index in [-0.39, 0.29) is 5.82 Å². The van der Waals surface area contributed by atoms with Crippen molar-refractivity contribution in [3.05, 3.63) is 35.6 Å². The van der Waals surface area contributed by atoms with Crippen LogP contribution in [0.25, 0.3) is 0 Å². The van der Waals surface area contributed by atoms with Gasteiger partial charge < -0.3 is 10.2 Å². The Morgan fingerprint density at radius 1 is 1.19 bits per heavy atom. The molecule has 1 aromatic rings. The molecule has 1 aliphatic rings. The molecule has 1 aromatic carbocycles. The molecule has 118 valence electrons. The number of likely N-dealkylation sites (tertiary alicyclic amines) is 1. The van der Waals surface area contributed by atoms with Crippen molar-refractivity contribution in [2.45, 2.75) is 39.7 Å². The molecule has 1 saturated heterocycles. The molecule has 0 bridgehead atoms. The maximum Gasteiger partial charge on any atom is 0.123 e. The number of halogens is 1. The van der Waals surface area contributed by atoms with Crippen LogP contribution in [0, 0.1) is 17.7 Å². The van der Waals surface area contributed by atoms with Crippen LogP contribution in [0.2, 0.25) is 0 Å². The molecular weight excluding hydrogens is 263 g/mol. The average Bonchev–Trinajstić information content (AvgIpc) is 2.43. The zero-order chi connectivity index (χ0) is 15.2. The molecule has 2 rings (SSSR count). The Kier molecular flexibility index (Phi) is 6.19. The molecule has 0 radical (unpaired) electrons. The van der Waals surface area contributed by atoms with Crippen molar-refractivity contribution in [1.82, 2.24) is 10.2 Å². The Labute approximate surface area is 128 Å². The summed E-state index contributed by atoms with van der Waals surface area (Å²) in [6.45, 7) is 11.3. The van der Waals surface area contributed by atoms with Crippen molar-refractivity contribution in [3.63, 3.8) is 0 Å². The number of piperidine rings is 1. The fraction of sp³-hybridized carbons (Fsp3) is 0.667. The summed E-state index contributed by atoms with van der Waals surface area (Å²) < 4.78 is 13.1. The molecular formula is C18H29FN2. The highest BCUT2D eigenvalue weighted by atomic mass is 19.1. The Balaban J connectivity index is 1.92. The second-order valence-corrected chi connectivity index (χ2v) is 6.66. The molecule has 0 amide bonds. The fourth-order valence-electron chi connectivity index (χ4n) is 3.61. The van der Waals surface area contributed by atoms with E-state index in [0.29, 0.717) is 6.04 Å². The lowest BCUT2D eigenvalue weighted by Gasteiger charge is -2.35. The van der Waals surface area contributed by atoms with Crippen LogP contribution in [-0.4, -0.2) is 31.1 Å². The van der Waals surface area contributed by atoms with E-state index in [1.54, 1.807) is 12.1 Å². The highest BCUT2D eigenvalue weighted by molar-refractivity contribution is 5.20. The predicted molar refractivity (Wildman–Crippen MR) is 86.8 cm³/mol. The predicted octanol–water partition coefficient (Wildman–Crippen LogP) is 3.84. The lowest BCUT2D eigenvalue weighted by molar-refractivity contribution is 0.135. The summed E-state index contributed by atoms with van der Waals surface area (Å²) in [4.78, 5) is 2.59.